The van der Waals surface area contributed by atoms with Crippen LogP contribution in [-0.4, -0.2) is 61.1 Å². The second-order valence-corrected chi connectivity index (χ2v) is 6.94. The lowest BCUT2D eigenvalue weighted by Gasteiger charge is -2.26. The summed E-state index contributed by atoms with van der Waals surface area (Å²) < 4.78 is 36.3. The van der Waals surface area contributed by atoms with E-state index in [1.54, 1.807) is 0 Å². The van der Waals surface area contributed by atoms with Crippen LogP contribution in [-0.2, 0) is 19.6 Å². The Morgan fingerprint density at radius 3 is 2.58 bits per heavy atom. The zero-order valence-electron chi connectivity index (χ0n) is 12.7. The van der Waals surface area contributed by atoms with Gasteiger partial charge < -0.3 is 14.6 Å². The molecule has 10 nitrogen and oxygen atoms in total. The number of aliphatic carboxylic acids is 1. The van der Waals surface area contributed by atoms with Crippen molar-refractivity contribution in [1.82, 2.24) is 4.31 Å². The number of ether oxygens (including phenoxy) is 2. The van der Waals surface area contributed by atoms with Gasteiger partial charge in [0.15, 0.2) is 11.9 Å². The molecule has 1 N–H and O–H groups in total. The largest absolute Gasteiger partial charge is 0.479 e. The van der Waals surface area contributed by atoms with Gasteiger partial charge in [0, 0.05) is 19.2 Å². The van der Waals surface area contributed by atoms with Crippen LogP contribution in [0.25, 0.3) is 0 Å². The van der Waals surface area contributed by atoms with Crippen LogP contribution in [0.1, 0.15) is 6.92 Å². The molecular formula is C13H16N2O8S. The van der Waals surface area contributed by atoms with Crippen LogP contribution >= 0.6 is 0 Å². The third-order valence-electron chi connectivity index (χ3n) is 3.39. The molecule has 1 aromatic carbocycles. The lowest BCUT2D eigenvalue weighted by molar-refractivity contribution is -0.386. The lowest BCUT2D eigenvalue weighted by Crippen LogP contribution is -2.40. The molecule has 1 unspecified atom stereocenters. The number of carboxylic acid groups (broad SMARTS) is 1. The summed E-state index contributed by atoms with van der Waals surface area (Å²) in [6.45, 7) is 2.02. The van der Waals surface area contributed by atoms with Crippen LogP contribution < -0.4 is 4.74 Å². The first kappa shape index (κ1) is 18.1. The van der Waals surface area contributed by atoms with Gasteiger partial charge in [-0.2, -0.15) is 4.31 Å². The van der Waals surface area contributed by atoms with Gasteiger partial charge in [-0.1, -0.05) is 0 Å². The summed E-state index contributed by atoms with van der Waals surface area (Å²) in [6, 6.07) is 3.11. The summed E-state index contributed by atoms with van der Waals surface area (Å²) in [7, 11) is -3.90. The highest BCUT2D eigenvalue weighted by molar-refractivity contribution is 7.89. The van der Waals surface area contributed by atoms with E-state index in [4.69, 9.17) is 14.6 Å². The number of hydrogen-bond donors (Lipinski definition) is 1. The molecule has 0 amide bonds. The molecule has 1 fully saturated rings. The molecule has 132 valence electrons. The van der Waals surface area contributed by atoms with E-state index >= 15 is 0 Å². The van der Waals surface area contributed by atoms with Gasteiger partial charge in [0.05, 0.1) is 23.0 Å². The highest BCUT2D eigenvalue weighted by Gasteiger charge is 2.30. The summed E-state index contributed by atoms with van der Waals surface area (Å²) in [6.07, 6.45) is -1.31. The Morgan fingerprint density at radius 2 is 2.04 bits per heavy atom. The maximum absolute atomic E-state index is 12.5. The lowest BCUT2D eigenvalue weighted by atomic mass is 10.3. The van der Waals surface area contributed by atoms with Crippen LogP contribution in [0.4, 0.5) is 5.69 Å². The molecule has 0 aliphatic carbocycles. The monoisotopic (exact) mass is 360 g/mol. The number of morpholine rings is 1. The van der Waals surface area contributed by atoms with E-state index in [-0.39, 0.29) is 36.9 Å². The van der Waals surface area contributed by atoms with Gasteiger partial charge in [-0.05, 0) is 19.1 Å². The Labute approximate surface area is 137 Å². The zero-order valence-corrected chi connectivity index (χ0v) is 13.6. The molecule has 0 saturated carbocycles. The van der Waals surface area contributed by atoms with Crippen molar-refractivity contribution in [1.29, 1.82) is 0 Å². The molecule has 1 aliphatic rings. The average Bonchev–Trinajstić information content (AvgIpc) is 2.55. The number of rotatable bonds is 6. The predicted octanol–water partition coefficient (Wildman–Crippen LogP) is 0.468. The molecule has 1 aliphatic heterocycles. The number of nitro groups is 1. The number of nitrogens with zero attached hydrogens (tertiary/aromatic N) is 2. The Hall–Kier alpha value is -2.24. The van der Waals surface area contributed by atoms with Crippen LogP contribution in [0.5, 0.6) is 5.75 Å². The van der Waals surface area contributed by atoms with E-state index in [2.05, 4.69) is 0 Å². The highest BCUT2D eigenvalue weighted by atomic mass is 32.2. The normalized spacial score (nSPS) is 17.2. The molecule has 2 rings (SSSR count). The highest BCUT2D eigenvalue weighted by Crippen LogP contribution is 2.31. The molecule has 1 heterocycles. The fraction of sp³-hybridized carbons (Fsp3) is 0.462. The summed E-state index contributed by atoms with van der Waals surface area (Å²) in [4.78, 5) is 20.9. The SMILES string of the molecule is CC(Oc1ccc(S(=O)(=O)N2CCOCC2)cc1[N+](=O)[O-])C(=O)O. The summed E-state index contributed by atoms with van der Waals surface area (Å²) in [5.41, 5.74) is -0.613. The average molecular weight is 360 g/mol. The van der Waals surface area contributed by atoms with E-state index in [1.165, 1.54) is 11.2 Å². The molecule has 0 aromatic heterocycles. The molecular weight excluding hydrogens is 344 g/mol. The Bertz CT molecular complexity index is 742. The Kier molecular flexibility index (Phi) is 5.36. The predicted molar refractivity (Wildman–Crippen MR) is 80.4 cm³/mol. The van der Waals surface area contributed by atoms with E-state index in [9.17, 15) is 23.3 Å². The van der Waals surface area contributed by atoms with Gasteiger partial charge in [0.25, 0.3) is 0 Å². The number of carboxylic acids is 1. The maximum atomic E-state index is 12.5. The van der Waals surface area contributed by atoms with Gasteiger partial charge in [0.1, 0.15) is 0 Å². The topological polar surface area (TPSA) is 136 Å². The van der Waals surface area contributed by atoms with E-state index in [0.717, 1.165) is 18.2 Å². The van der Waals surface area contributed by atoms with E-state index in [1.807, 2.05) is 0 Å². The fourth-order valence-electron chi connectivity index (χ4n) is 2.08. The first-order valence-electron chi connectivity index (χ1n) is 6.99. The standard InChI is InChI=1S/C13H16N2O8S/c1-9(13(16)17)23-12-3-2-10(8-11(12)15(18)19)24(20,21)14-4-6-22-7-5-14/h2-3,8-9H,4-7H2,1H3,(H,16,17). The van der Waals surface area contributed by atoms with Gasteiger partial charge in [-0.3, -0.25) is 10.1 Å². The minimum absolute atomic E-state index is 0.157. The van der Waals surface area contributed by atoms with Crippen molar-refractivity contribution in [2.24, 2.45) is 0 Å². The molecule has 0 spiro atoms. The van der Waals surface area contributed by atoms with Crippen LogP contribution in [0.15, 0.2) is 23.1 Å². The minimum atomic E-state index is -3.90. The van der Waals surface area contributed by atoms with Crippen LogP contribution in [0.2, 0.25) is 0 Å². The van der Waals surface area contributed by atoms with Crippen molar-refractivity contribution in [2.75, 3.05) is 26.3 Å². The second kappa shape index (κ2) is 7.11. The second-order valence-electron chi connectivity index (χ2n) is 5.00. The third kappa shape index (κ3) is 3.80. The summed E-state index contributed by atoms with van der Waals surface area (Å²) in [5, 5.41) is 20.0. The summed E-state index contributed by atoms with van der Waals surface area (Å²) >= 11 is 0. The molecule has 24 heavy (non-hydrogen) atoms. The third-order valence-corrected chi connectivity index (χ3v) is 5.28. The fourth-order valence-corrected chi connectivity index (χ4v) is 3.51. The van der Waals surface area contributed by atoms with Gasteiger partial charge >= 0.3 is 11.7 Å². The number of hydrogen-bond acceptors (Lipinski definition) is 7. The molecule has 1 aromatic rings. The van der Waals surface area contributed by atoms with Crippen molar-refractivity contribution < 1.29 is 32.7 Å². The van der Waals surface area contributed by atoms with Crippen molar-refractivity contribution in [3.8, 4) is 5.75 Å². The molecule has 0 bridgehead atoms. The Morgan fingerprint density at radius 1 is 1.42 bits per heavy atom. The van der Waals surface area contributed by atoms with Gasteiger partial charge in [-0.25, -0.2) is 13.2 Å². The van der Waals surface area contributed by atoms with Crippen molar-refractivity contribution in [3.05, 3.63) is 28.3 Å². The van der Waals surface area contributed by atoms with Crippen LogP contribution in [0.3, 0.4) is 0 Å². The number of sulfonamides is 1. The molecule has 1 atom stereocenters. The number of benzene rings is 1. The molecule has 0 radical (unpaired) electrons. The quantitative estimate of drug-likeness (QED) is 0.571. The summed E-state index contributed by atoms with van der Waals surface area (Å²) in [5.74, 6) is -1.61. The smallest absolute Gasteiger partial charge is 0.344 e. The van der Waals surface area contributed by atoms with Crippen molar-refractivity contribution in [2.45, 2.75) is 17.9 Å². The molecule has 1 saturated heterocycles. The minimum Gasteiger partial charge on any atom is -0.479 e. The van der Waals surface area contributed by atoms with Crippen molar-refractivity contribution >= 4 is 21.7 Å². The van der Waals surface area contributed by atoms with Crippen molar-refractivity contribution in [3.63, 3.8) is 0 Å². The molecule has 11 heteroatoms. The van der Waals surface area contributed by atoms with Gasteiger partial charge in [-0.15, -0.1) is 0 Å². The zero-order chi connectivity index (χ0) is 17.9. The van der Waals surface area contributed by atoms with E-state index in [0.29, 0.717) is 0 Å². The van der Waals surface area contributed by atoms with Crippen LogP contribution in [0, 0.1) is 10.1 Å². The Balaban J connectivity index is 2.37. The first-order valence-corrected chi connectivity index (χ1v) is 8.43. The maximum Gasteiger partial charge on any atom is 0.344 e. The number of carbonyl (C=O) groups is 1. The van der Waals surface area contributed by atoms with E-state index < -0.39 is 32.7 Å². The van der Waals surface area contributed by atoms with Gasteiger partial charge in [0.2, 0.25) is 10.0 Å². The first-order chi connectivity index (χ1) is 11.2. The number of nitro benzene ring substituents is 1.